The summed E-state index contributed by atoms with van der Waals surface area (Å²) in [6, 6.07) is 7.35. The predicted octanol–water partition coefficient (Wildman–Crippen LogP) is 2.43. The number of pyridine rings is 1. The molecular formula is C26H30ClN5O5. The summed E-state index contributed by atoms with van der Waals surface area (Å²) in [7, 11) is 6.48. The number of anilines is 1. The molecule has 0 aliphatic carbocycles. The molecule has 1 aromatic carbocycles. The van der Waals surface area contributed by atoms with Crippen LogP contribution in [-0.4, -0.2) is 72.2 Å². The highest BCUT2D eigenvalue weighted by molar-refractivity contribution is 6.31. The van der Waals surface area contributed by atoms with Crippen LogP contribution >= 0.6 is 11.6 Å². The average molecular weight is 528 g/mol. The first-order chi connectivity index (χ1) is 17.7. The molecule has 1 saturated heterocycles. The Labute approximate surface area is 219 Å². The second-order valence-corrected chi connectivity index (χ2v) is 9.67. The average Bonchev–Trinajstić information content (AvgIpc) is 2.90. The van der Waals surface area contributed by atoms with Gasteiger partial charge >= 0.3 is 5.97 Å². The third-order valence-electron chi connectivity index (χ3n) is 6.57. The molecule has 4 rings (SSSR count). The third-order valence-corrected chi connectivity index (χ3v) is 6.89. The Morgan fingerprint density at radius 1 is 1.19 bits per heavy atom. The fourth-order valence-electron chi connectivity index (χ4n) is 4.46. The maximum absolute atomic E-state index is 12.6. The summed E-state index contributed by atoms with van der Waals surface area (Å²) in [5, 5.41) is 1.24. The van der Waals surface area contributed by atoms with E-state index in [0.29, 0.717) is 36.2 Å². The Morgan fingerprint density at radius 2 is 1.92 bits per heavy atom. The molecule has 0 saturated carbocycles. The summed E-state index contributed by atoms with van der Waals surface area (Å²) in [4.78, 5) is 49.2. The summed E-state index contributed by atoms with van der Waals surface area (Å²) >= 11 is 6.46. The number of halogens is 1. The largest absolute Gasteiger partial charge is 0.476 e. The van der Waals surface area contributed by atoms with Crippen LogP contribution in [0.15, 0.2) is 35.3 Å². The van der Waals surface area contributed by atoms with Gasteiger partial charge in [0.15, 0.2) is 12.4 Å². The van der Waals surface area contributed by atoms with Crippen molar-refractivity contribution in [3.8, 4) is 5.75 Å². The van der Waals surface area contributed by atoms with Gasteiger partial charge < -0.3 is 23.8 Å². The zero-order chi connectivity index (χ0) is 26.7. The van der Waals surface area contributed by atoms with Crippen molar-refractivity contribution in [2.45, 2.75) is 19.3 Å². The van der Waals surface area contributed by atoms with Crippen molar-refractivity contribution in [1.29, 1.82) is 0 Å². The van der Waals surface area contributed by atoms with Gasteiger partial charge in [-0.15, -0.1) is 0 Å². The van der Waals surface area contributed by atoms with Gasteiger partial charge in [0.1, 0.15) is 0 Å². The van der Waals surface area contributed by atoms with E-state index >= 15 is 0 Å². The van der Waals surface area contributed by atoms with Gasteiger partial charge in [-0.2, -0.15) is 0 Å². The maximum atomic E-state index is 12.6. The summed E-state index contributed by atoms with van der Waals surface area (Å²) in [5.41, 5.74) is 2.00. The monoisotopic (exact) mass is 527 g/mol. The lowest BCUT2D eigenvalue weighted by Crippen LogP contribution is -2.40. The van der Waals surface area contributed by atoms with Gasteiger partial charge in [-0.1, -0.05) is 17.7 Å². The SMILES string of the molecule is COC(=O)COc1cc2cc(Cc3nc(N4CCC(C(=O)N(C)C)CC4)ncc3Cl)ccc2n(C)c1=O. The molecule has 0 bridgehead atoms. The van der Waals surface area contributed by atoms with Crippen LogP contribution < -0.4 is 15.2 Å². The topological polar surface area (TPSA) is 107 Å². The Bertz CT molecular complexity index is 1380. The smallest absolute Gasteiger partial charge is 0.343 e. The molecular weight excluding hydrogens is 498 g/mol. The van der Waals surface area contributed by atoms with E-state index < -0.39 is 5.97 Å². The van der Waals surface area contributed by atoms with E-state index in [2.05, 4.69) is 14.6 Å². The van der Waals surface area contributed by atoms with Gasteiger partial charge in [0.25, 0.3) is 5.56 Å². The number of benzene rings is 1. The molecule has 0 radical (unpaired) electrons. The third kappa shape index (κ3) is 5.85. The number of aromatic nitrogens is 3. The Balaban J connectivity index is 1.54. The van der Waals surface area contributed by atoms with Gasteiger partial charge in [-0.3, -0.25) is 9.59 Å². The lowest BCUT2D eigenvalue weighted by molar-refractivity contribution is -0.143. The standard InChI is InChI=1S/C26H30ClN5O5/c1-30(2)24(34)17-7-9-32(10-8-17)26-28-14-19(27)20(29-26)12-16-5-6-21-18(11-16)13-22(25(35)31(21)3)37-15-23(33)36-4/h5-6,11,13-14,17H,7-10,12,15H2,1-4H3. The number of hydrogen-bond acceptors (Lipinski definition) is 8. The number of carbonyl (C=O) groups excluding carboxylic acids is 2. The van der Waals surface area contributed by atoms with Crippen molar-refractivity contribution < 1.29 is 19.1 Å². The summed E-state index contributed by atoms with van der Waals surface area (Å²) in [6.45, 7) is 1.05. The second-order valence-electron chi connectivity index (χ2n) is 9.27. The number of piperidine rings is 1. The second kappa shape index (κ2) is 11.2. The van der Waals surface area contributed by atoms with Crippen molar-refractivity contribution in [3.05, 3.63) is 57.1 Å². The first-order valence-corrected chi connectivity index (χ1v) is 12.4. The minimum atomic E-state index is -0.571. The Hall–Kier alpha value is -3.66. The predicted molar refractivity (Wildman–Crippen MR) is 140 cm³/mol. The molecule has 1 aliphatic rings. The number of methoxy groups -OCH3 is 1. The van der Waals surface area contributed by atoms with Crippen molar-refractivity contribution in [2.75, 3.05) is 45.8 Å². The quantitative estimate of drug-likeness (QED) is 0.431. The number of fused-ring (bicyclic) bond motifs is 1. The minimum absolute atomic E-state index is 0.0214. The molecule has 10 nitrogen and oxygen atoms in total. The highest BCUT2D eigenvalue weighted by atomic mass is 35.5. The van der Waals surface area contributed by atoms with Crippen molar-refractivity contribution >= 4 is 40.3 Å². The molecule has 0 spiro atoms. The van der Waals surface area contributed by atoms with Crippen LogP contribution in [0, 0.1) is 5.92 Å². The first-order valence-electron chi connectivity index (χ1n) is 12.0. The molecule has 196 valence electrons. The minimum Gasteiger partial charge on any atom is -0.476 e. The number of hydrogen-bond donors (Lipinski definition) is 0. The summed E-state index contributed by atoms with van der Waals surface area (Å²) in [5.74, 6) is 0.268. The number of nitrogens with zero attached hydrogens (tertiary/aromatic N) is 5. The Morgan fingerprint density at radius 3 is 2.59 bits per heavy atom. The van der Waals surface area contributed by atoms with Gasteiger partial charge in [-0.25, -0.2) is 14.8 Å². The van der Waals surface area contributed by atoms with Crippen LogP contribution in [0.25, 0.3) is 10.9 Å². The van der Waals surface area contributed by atoms with E-state index in [1.165, 1.54) is 11.7 Å². The van der Waals surface area contributed by atoms with E-state index in [4.69, 9.17) is 21.3 Å². The Kier molecular flexibility index (Phi) is 7.97. The van der Waals surface area contributed by atoms with E-state index in [1.807, 2.05) is 18.2 Å². The van der Waals surface area contributed by atoms with E-state index in [9.17, 15) is 14.4 Å². The number of carbonyl (C=O) groups is 2. The molecule has 3 aromatic rings. The first kappa shape index (κ1) is 26.4. The zero-order valence-electron chi connectivity index (χ0n) is 21.4. The van der Waals surface area contributed by atoms with Crippen LogP contribution in [0.3, 0.4) is 0 Å². The zero-order valence-corrected chi connectivity index (χ0v) is 22.1. The van der Waals surface area contributed by atoms with E-state index in [-0.39, 0.29) is 29.7 Å². The molecule has 11 heteroatoms. The number of aryl methyl sites for hydroxylation is 1. The summed E-state index contributed by atoms with van der Waals surface area (Å²) in [6.07, 6.45) is 3.57. The lowest BCUT2D eigenvalue weighted by Gasteiger charge is -2.32. The number of esters is 1. The van der Waals surface area contributed by atoms with Gasteiger partial charge in [0.05, 0.1) is 29.5 Å². The normalized spacial score (nSPS) is 14.0. The van der Waals surface area contributed by atoms with Gasteiger partial charge in [0.2, 0.25) is 11.9 Å². The highest BCUT2D eigenvalue weighted by Gasteiger charge is 2.27. The number of ether oxygens (including phenoxy) is 2. The van der Waals surface area contributed by atoms with Crippen LogP contribution in [0.5, 0.6) is 5.75 Å². The summed E-state index contributed by atoms with van der Waals surface area (Å²) < 4.78 is 11.5. The molecule has 0 N–H and O–H groups in total. The number of amides is 1. The van der Waals surface area contributed by atoms with Crippen LogP contribution in [0.2, 0.25) is 5.02 Å². The van der Waals surface area contributed by atoms with E-state index in [0.717, 1.165) is 29.3 Å². The van der Waals surface area contributed by atoms with E-state index in [1.54, 1.807) is 38.3 Å². The van der Waals surface area contributed by atoms with Gasteiger partial charge in [-0.05, 0) is 36.6 Å². The van der Waals surface area contributed by atoms with Crippen LogP contribution in [0.1, 0.15) is 24.1 Å². The molecule has 1 amide bonds. The fraction of sp³-hybridized carbons (Fsp3) is 0.423. The van der Waals surface area contributed by atoms with Crippen molar-refractivity contribution in [1.82, 2.24) is 19.4 Å². The fourth-order valence-corrected chi connectivity index (χ4v) is 4.62. The molecule has 0 atom stereocenters. The lowest BCUT2D eigenvalue weighted by atomic mass is 9.96. The number of rotatable bonds is 7. The molecule has 1 aliphatic heterocycles. The molecule has 3 heterocycles. The van der Waals surface area contributed by atoms with Gasteiger partial charge in [0, 0.05) is 52.0 Å². The highest BCUT2D eigenvalue weighted by Crippen LogP contribution is 2.26. The van der Waals surface area contributed by atoms with Crippen molar-refractivity contribution in [2.24, 2.45) is 13.0 Å². The molecule has 2 aromatic heterocycles. The molecule has 37 heavy (non-hydrogen) atoms. The molecule has 1 fully saturated rings. The molecule has 0 unspecified atom stereocenters. The maximum Gasteiger partial charge on any atom is 0.343 e. The van der Waals surface area contributed by atoms with Crippen LogP contribution in [-0.2, 0) is 27.8 Å². The van der Waals surface area contributed by atoms with Crippen molar-refractivity contribution in [3.63, 3.8) is 0 Å². The van der Waals surface area contributed by atoms with Crippen LogP contribution in [0.4, 0.5) is 5.95 Å².